The van der Waals surface area contributed by atoms with Crippen molar-refractivity contribution in [3.05, 3.63) is 29.8 Å². The minimum atomic E-state index is -0.485. The number of rotatable bonds is 2. The van der Waals surface area contributed by atoms with Crippen molar-refractivity contribution in [1.29, 1.82) is 0 Å². The van der Waals surface area contributed by atoms with Gasteiger partial charge < -0.3 is 5.32 Å². The number of halogens is 2. The molecule has 1 aromatic rings. The lowest BCUT2D eigenvalue weighted by molar-refractivity contribution is 0.187. The smallest absolute Gasteiger partial charge is 0.149 e. The molecule has 19 heavy (non-hydrogen) atoms. The monoisotopic (exact) mass is 265 g/mol. The van der Waals surface area contributed by atoms with E-state index < -0.39 is 11.6 Å². The molecule has 1 spiro atoms. The van der Waals surface area contributed by atoms with Crippen LogP contribution in [0.15, 0.2) is 18.2 Å². The summed E-state index contributed by atoms with van der Waals surface area (Å²) in [5, 5.41) is 3.07. The second kappa shape index (κ2) is 5.10. The SMILES string of the molecule is Fc1cccc(F)c1NC1CCC2(CCCC2)CC1. The maximum Gasteiger partial charge on any atom is 0.149 e. The molecule has 2 aliphatic rings. The Morgan fingerprint density at radius 2 is 1.53 bits per heavy atom. The van der Waals surface area contributed by atoms with E-state index in [1.807, 2.05) is 0 Å². The number of para-hydroxylation sites is 1. The molecule has 0 aromatic heterocycles. The zero-order valence-corrected chi connectivity index (χ0v) is 11.2. The summed E-state index contributed by atoms with van der Waals surface area (Å²) >= 11 is 0. The summed E-state index contributed by atoms with van der Waals surface area (Å²) in [6, 6.07) is 4.25. The average molecular weight is 265 g/mol. The van der Waals surface area contributed by atoms with Gasteiger partial charge in [-0.3, -0.25) is 0 Å². The Hall–Kier alpha value is -1.12. The molecule has 1 N–H and O–H groups in total. The first-order valence-electron chi connectivity index (χ1n) is 7.39. The third-order valence-electron chi connectivity index (χ3n) is 5.02. The molecule has 104 valence electrons. The van der Waals surface area contributed by atoms with Gasteiger partial charge in [0.1, 0.15) is 17.3 Å². The summed E-state index contributed by atoms with van der Waals surface area (Å²) in [5.74, 6) is -0.970. The molecule has 0 saturated heterocycles. The third kappa shape index (κ3) is 2.60. The first-order chi connectivity index (χ1) is 9.19. The lowest BCUT2D eigenvalue weighted by Crippen LogP contribution is -2.32. The summed E-state index contributed by atoms with van der Waals surface area (Å²) in [5.41, 5.74) is 0.612. The fourth-order valence-corrected chi connectivity index (χ4v) is 3.84. The molecule has 0 unspecified atom stereocenters. The van der Waals surface area contributed by atoms with Gasteiger partial charge in [0.2, 0.25) is 0 Å². The Morgan fingerprint density at radius 1 is 0.947 bits per heavy atom. The normalized spacial score (nSPS) is 22.8. The highest BCUT2D eigenvalue weighted by Crippen LogP contribution is 2.49. The van der Waals surface area contributed by atoms with Gasteiger partial charge in [-0.2, -0.15) is 0 Å². The number of nitrogens with one attached hydrogen (secondary N) is 1. The van der Waals surface area contributed by atoms with E-state index in [2.05, 4.69) is 5.32 Å². The molecule has 3 rings (SSSR count). The maximum absolute atomic E-state index is 13.6. The Bertz CT molecular complexity index is 422. The van der Waals surface area contributed by atoms with E-state index in [4.69, 9.17) is 0 Å². The summed E-state index contributed by atoms with van der Waals surface area (Å²) in [6.07, 6.45) is 9.92. The first-order valence-corrected chi connectivity index (χ1v) is 7.39. The van der Waals surface area contributed by atoms with E-state index in [-0.39, 0.29) is 11.7 Å². The molecule has 0 radical (unpaired) electrons. The minimum absolute atomic E-state index is 0.0508. The lowest BCUT2D eigenvalue weighted by atomic mass is 9.71. The van der Waals surface area contributed by atoms with Gasteiger partial charge in [0.25, 0.3) is 0 Å². The lowest BCUT2D eigenvalue weighted by Gasteiger charge is -2.37. The standard InChI is InChI=1S/C16H21F2N/c17-13-4-3-5-14(18)15(13)19-12-6-10-16(11-7-12)8-1-2-9-16/h3-5,12,19H,1-2,6-11H2. The molecule has 0 heterocycles. The zero-order valence-electron chi connectivity index (χ0n) is 11.2. The predicted molar refractivity (Wildman–Crippen MR) is 73.1 cm³/mol. The number of hydrogen-bond donors (Lipinski definition) is 1. The highest BCUT2D eigenvalue weighted by atomic mass is 19.1. The molecule has 1 aromatic carbocycles. The van der Waals surface area contributed by atoms with Crippen molar-refractivity contribution in [2.75, 3.05) is 5.32 Å². The predicted octanol–water partition coefficient (Wildman–Crippen LogP) is 4.88. The maximum atomic E-state index is 13.6. The highest BCUT2D eigenvalue weighted by molar-refractivity contribution is 5.46. The van der Waals surface area contributed by atoms with Gasteiger partial charge in [-0.05, 0) is 56.1 Å². The molecule has 2 aliphatic carbocycles. The largest absolute Gasteiger partial charge is 0.378 e. The molecule has 0 bridgehead atoms. The second-order valence-electron chi connectivity index (χ2n) is 6.22. The summed E-state index contributed by atoms with van der Waals surface area (Å²) in [6.45, 7) is 0. The number of benzene rings is 1. The fraction of sp³-hybridized carbons (Fsp3) is 0.625. The van der Waals surface area contributed by atoms with Crippen molar-refractivity contribution in [1.82, 2.24) is 0 Å². The van der Waals surface area contributed by atoms with E-state index in [9.17, 15) is 8.78 Å². The van der Waals surface area contributed by atoms with Crippen LogP contribution in [0.5, 0.6) is 0 Å². The third-order valence-corrected chi connectivity index (χ3v) is 5.02. The second-order valence-corrected chi connectivity index (χ2v) is 6.22. The Kier molecular flexibility index (Phi) is 3.46. The minimum Gasteiger partial charge on any atom is -0.378 e. The van der Waals surface area contributed by atoms with Gasteiger partial charge in [-0.25, -0.2) is 8.78 Å². The summed E-state index contributed by atoms with van der Waals surface area (Å²) < 4.78 is 27.2. The van der Waals surface area contributed by atoms with E-state index >= 15 is 0 Å². The molecule has 0 amide bonds. The molecular weight excluding hydrogens is 244 g/mol. The van der Waals surface area contributed by atoms with E-state index in [0.717, 1.165) is 12.8 Å². The van der Waals surface area contributed by atoms with Crippen molar-refractivity contribution in [2.45, 2.75) is 57.4 Å². The Labute approximate surface area is 113 Å². The molecule has 2 fully saturated rings. The van der Waals surface area contributed by atoms with Crippen molar-refractivity contribution >= 4 is 5.69 Å². The van der Waals surface area contributed by atoms with Gasteiger partial charge in [-0.15, -0.1) is 0 Å². The van der Waals surface area contributed by atoms with E-state index in [0.29, 0.717) is 5.41 Å². The zero-order chi connectivity index (χ0) is 13.3. The van der Waals surface area contributed by atoms with Gasteiger partial charge in [0.15, 0.2) is 0 Å². The molecule has 1 nitrogen and oxygen atoms in total. The summed E-state index contributed by atoms with van der Waals surface area (Å²) in [4.78, 5) is 0. The highest BCUT2D eigenvalue weighted by Gasteiger charge is 2.37. The molecule has 0 atom stereocenters. The Balaban J connectivity index is 1.63. The van der Waals surface area contributed by atoms with Gasteiger partial charge >= 0.3 is 0 Å². The van der Waals surface area contributed by atoms with Gasteiger partial charge in [0.05, 0.1) is 0 Å². The molecular formula is C16H21F2N. The van der Waals surface area contributed by atoms with Crippen LogP contribution in [0.2, 0.25) is 0 Å². The van der Waals surface area contributed by atoms with Crippen molar-refractivity contribution in [2.24, 2.45) is 5.41 Å². The fourth-order valence-electron chi connectivity index (χ4n) is 3.84. The molecule has 3 heteroatoms. The quantitative estimate of drug-likeness (QED) is 0.803. The first kappa shape index (κ1) is 12.9. The molecule has 0 aliphatic heterocycles. The van der Waals surface area contributed by atoms with Crippen LogP contribution in [0.3, 0.4) is 0 Å². The van der Waals surface area contributed by atoms with Gasteiger partial charge in [-0.1, -0.05) is 18.9 Å². The van der Waals surface area contributed by atoms with Crippen LogP contribution < -0.4 is 5.32 Å². The van der Waals surface area contributed by atoms with Crippen LogP contribution in [-0.4, -0.2) is 6.04 Å². The topological polar surface area (TPSA) is 12.0 Å². The number of anilines is 1. The van der Waals surface area contributed by atoms with Crippen LogP contribution in [-0.2, 0) is 0 Å². The Morgan fingerprint density at radius 3 is 2.11 bits per heavy atom. The van der Waals surface area contributed by atoms with Crippen molar-refractivity contribution < 1.29 is 8.78 Å². The summed E-state index contributed by atoms with van der Waals surface area (Å²) in [7, 11) is 0. The van der Waals surface area contributed by atoms with Crippen LogP contribution in [0, 0.1) is 17.0 Å². The van der Waals surface area contributed by atoms with Crippen LogP contribution >= 0.6 is 0 Å². The van der Waals surface area contributed by atoms with Crippen LogP contribution in [0.25, 0.3) is 0 Å². The number of hydrogen-bond acceptors (Lipinski definition) is 1. The van der Waals surface area contributed by atoms with Crippen molar-refractivity contribution in [3.63, 3.8) is 0 Å². The van der Waals surface area contributed by atoms with E-state index in [1.54, 1.807) is 0 Å². The van der Waals surface area contributed by atoms with E-state index in [1.165, 1.54) is 56.7 Å². The van der Waals surface area contributed by atoms with Gasteiger partial charge in [0, 0.05) is 6.04 Å². The average Bonchev–Trinajstić information content (AvgIpc) is 2.85. The van der Waals surface area contributed by atoms with Crippen LogP contribution in [0.1, 0.15) is 51.4 Å². The van der Waals surface area contributed by atoms with Crippen molar-refractivity contribution in [3.8, 4) is 0 Å². The van der Waals surface area contributed by atoms with Crippen LogP contribution in [0.4, 0.5) is 14.5 Å². The molecule has 2 saturated carbocycles.